The molecular weight excluding hydrogens is 440 g/mol. The average molecular weight is 458 g/mol. The molecule has 0 fully saturated rings. The number of fused-ring (bicyclic) bond motifs is 1. The number of aromatic nitrogens is 2. The zero-order valence-electron chi connectivity index (χ0n) is 15.2. The molecule has 6 heteroatoms. The van der Waals surface area contributed by atoms with Gasteiger partial charge in [-0.2, -0.15) is 0 Å². The Labute approximate surface area is 176 Å². The predicted molar refractivity (Wildman–Crippen MR) is 116 cm³/mol. The maximum Gasteiger partial charge on any atom is 0.175 e. The van der Waals surface area contributed by atoms with Crippen LogP contribution in [0.4, 0.5) is 0 Å². The van der Waals surface area contributed by atoms with Gasteiger partial charge in [-0.25, -0.2) is 4.98 Å². The lowest BCUT2D eigenvalue weighted by molar-refractivity contribution is 0.268. The van der Waals surface area contributed by atoms with Gasteiger partial charge in [-0.1, -0.05) is 41.9 Å². The monoisotopic (exact) mass is 456 g/mol. The Morgan fingerprint density at radius 1 is 1.04 bits per heavy atom. The normalized spacial score (nSPS) is 11.0. The lowest BCUT2D eigenvalue weighted by Gasteiger charge is -2.15. The number of nitrogens with zero attached hydrogens (tertiary/aromatic N) is 1. The third-order valence-corrected chi connectivity index (χ3v) is 5.26. The Morgan fingerprint density at radius 2 is 1.82 bits per heavy atom. The summed E-state index contributed by atoms with van der Waals surface area (Å²) in [6.45, 7) is 2.82. The summed E-state index contributed by atoms with van der Waals surface area (Å²) < 4.78 is 12.7. The standard InChI is InChI=1S/C22H18BrClN2O2/c1-2-27-20-12-15(22-25-18-9-5-6-10-19(18)26-22)11-16(23)21(20)28-13-14-7-3-4-8-17(14)24/h3-12H,2,13H2,1H3,(H,25,26). The molecular formula is C22H18BrClN2O2. The molecule has 0 unspecified atom stereocenters. The number of para-hydroxylation sites is 2. The molecule has 4 nitrogen and oxygen atoms in total. The summed E-state index contributed by atoms with van der Waals surface area (Å²) in [7, 11) is 0. The molecule has 0 bridgehead atoms. The molecule has 1 N–H and O–H groups in total. The molecule has 3 aromatic carbocycles. The van der Waals surface area contributed by atoms with Gasteiger partial charge in [0, 0.05) is 16.1 Å². The van der Waals surface area contributed by atoms with E-state index in [-0.39, 0.29) is 0 Å². The number of aromatic amines is 1. The van der Waals surface area contributed by atoms with E-state index in [4.69, 9.17) is 21.1 Å². The summed E-state index contributed by atoms with van der Waals surface area (Å²) in [4.78, 5) is 8.02. The van der Waals surface area contributed by atoms with Crippen molar-refractivity contribution in [2.75, 3.05) is 6.61 Å². The van der Waals surface area contributed by atoms with Gasteiger partial charge in [0.05, 0.1) is 22.1 Å². The largest absolute Gasteiger partial charge is 0.490 e. The molecule has 0 aliphatic rings. The van der Waals surface area contributed by atoms with E-state index in [9.17, 15) is 0 Å². The van der Waals surface area contributed by atoms with E-state index in [0.717, 1.165) is 32.5 Å². The smallest absolute Gasteiger partial charge is 0.175 e. The van der Waals surface area contributed by atoms with Crippen molar-refractivity contribution in [1.82, 2.24) is 9.97 Å². The fourth-order valence-corrected chi connectivity index (χ4v) is 3.71. The summed E-state index contributed by atoms with van der Waals surface area (Å²) in [5.41, 5.74) is 3.74. The SMILES string of the molecule is CCOc1cc(-c2nc3ccccc3[nH]2)cc(Br)c1OCc1ccccc1Cl. The number of benzene rings is 3. The fraction of sp³-hybridized carbons (Fsp3) is 0.136. The minimum Gasteiger partial charge on any atom is -0.490 e. The molecule has 0 aliphatic carbocycles. The number of halogens is 2. The first-order valence-electron chi connectivity index (χ1n) is 8.93. The van der Waals surface area contributed by atoms with Crippen molar-refractivity contribution in [2.24, 2.45) is 0 Å². The van der Waals surface area contributed by atoms with E-state index in [1.165, 1.54) is 0 Å². The molecule has 0 radical (unpaired) electrons. The first-order chi connectivity index (χ1) is 13.7. The van der Waals surface area contributed by atoms with Gasteiger partial charge >= 0.3 is 0 Å². The van der Waals surface area contributed by atoms with Crippen LogP contribution in [0.2, 0.25) is 5.02 Å². The second-order valence-corrected chi connectivity index (χ2v) is 7.46. The lowest BCUT2D eigenvalue weighted by atomic mass is 10.2. The Balaban J connectivity index is 1.68. The van der Waals surface area contributed by atoms with Crippen LogP contribution in [0.1, 0.15) is 12.5 Å². The molecule has 1 aromatic heterocycles. The molecule has 4 aromatic rings. The van der Waals surface area contributed by atoms with Crippen molar-refractivity contribution in [1.29, 1.82) is 0 Å². The first-order valence-corrected chi connectivity index (χ1v) is 10.1. The predicted octanol–water partition coefficient (Wildman–Crippen LogP) is 6.62. The Morgan fingerprint density at radius 3 is 2.61 bits per heavy atom. The zero-order chi connectivity index (χ0) is 19.5. The van der Waals surface area contributed by atoms with Gasteiger partial charge in [0.1, 0.15) is 12.4 Å². The van der Waals surface area contributed by atoms with E-state index in [0.29, 0.717) is 29.7 Å². The molecule has 0 spiro atoms. The Kier molecular flexibility index (Phi) is 5.55. The first kappa shape index (κ1) is 18.8. The van der Waals surface area contributed by atoms with Crippen LogP contribution >= 0.6 is 27.5 Å². The molecule has 142 valence electrons. The molecule has 0 amide bonds. The van der Waals surface area contributed by atoms with Crippen LogP contribution in [0.15, 0.2) is 65.1 Å². The molecule has 28 heavy (non-hydrogen) atoms. The van der Waals surface area contributed by atoms with Crippen LogP contribution < -0.4 is 9.47 Å². The number of imidazole rings is 1. The molecule has 1 heterocycles. The minimum atomic E-state index is 0.350. The maximum absolute atomic E-state index is 6.24. The Hall–Kier alpha value is -2.50. The zero-order valence-corrected chi connectivity index (χ0v) is 17.5. The van der Waals surface area contributed by atoms with Crippen LogP contribution in [0.5, 0.6) is 11.5 Å². The van der Waals surface area contributed by atoms with Gasteiger partial charge in [-0.3, -0.25) is 0 Å². The van der Waals surface area contributed by atoms with Gasteiger partial charge in [-0.05, 0) is 53.2 Å². The highest BCUT2D eigenvalue weighted by atomic mass is 79.9. The van der Waals surface area contributed by atoms with Crippen molar-refractivity contribution in [3.8, 4) is 22.9 Å². The van der Waals surface area contributed by atoms with Crippen molar-refractivity contribution < 1.29 is 9.47 Å². The second-order valence-electron chi connectivity index (χ2n) is 6.20. The number of rotatable bonds is 6. The fourth-order valence-electron chi connectivity index (χ4n) is 2.96. The highest BCUT2D eigenvalue weighted by Crippen LogP contribution is 2.40. The molecule has 0 saturated heterocycles. The van der Waals surface area contributed by atoms with E-state index in [1.54, 1.807) is 0 Å². The van der Waals surface area contributed by atoms with Gasteiger partial charge in [-0.15, -0.1) is 0 Å². The highest BCUT2D eigenvalue weighted by molar-refractivity contribution is 9.10. The van der Waals surface area contributed by atoms with Gasteiger partial charge < -0.3 is 14.5 Å². The molecule has 0 atom stereocenters. The van der Waals surface area contributed by atoms with E-state index in [2.05, 4.69) is 25.9 Å². The Bertz CT molecular complexity index is 1090. The average Bonchev–Trinajstić information content (AvgIpc) is 3.13. The van der Waals surface area contributed by atoms with Crippen LogP contribution in [0.25, 0.3) is 22.4 Å². The molecule has 0 saturated carbocycles. The number of hydrogen-bond donors (Lipinski definition) is 1. The van der Waals surface area contributed by atoms with E-state index in [1.807, 2.05) is 67.6 Å². The summed E-state index contributed by atoms with van der Waals surface area (Å²) in [5.74, 6) is 2.07. The third-order valence-electron chi connectivity index (χ3n) is 4.30. The number of ether oxygens (including phenoxy) is 2. The molecule has 0 aliphatic heterocycles. The number of H-pyrrole nitrogens is 1. The van der Waals surface area contributed by atoms with Gasteiger partial charge in [0.25, 0.3) is 0 Å². The van der Waals surface area contributed by atoms with Crippen molar-refractivity contribution in [3.05, 3.63) is 75.7 Å². The van der Waals surface area contributed by atoms with Gasteiger partial charge in [0.2, 0.25) is 0 Å². The van der Waals surface area contributed by atoms with Crippen molar-refractivity contribution >= 4 is 38.6 Å². The van der Waals surface area contributed by atoms with Crippen LogP contribution in [-0.4, -0.2) is 16.6 Å². The van der Waals surface area contributed by atoms with Gasteiger partial charge in [0.15, 0.2) is 11.5 Å². The number of hydrogen-bond acceptors (Lipinski definition) is 3. The summed E-state index contributed by atoms with van der Waals surface area (Å²) in [5, 5.41) is 0.676. The second kappa shape index (κ2) is 8.25. The summed E-state index contributed by atoms with van der Waals surface area (Å²) >= 11 is 9.86. The number of nitrogens with one attached hydrogen (secondary N) is 1. The molecule has 4 rings (SSSR count). The van der Waals surface area contributed by atoms with E-state index < -0.39 is 0 Å². The maximum atomic E-state index is 6.24. The van der Waals surface area contributed by atoms with Crippen LogP contribution in [-0.2, 0) is 6.61 Å². The minimum absolute atomic E-state index is 0.350. The van der Waals surface area contributed by atoms with E-state index >= 15 is 0 Å². The third kappa shape index (κ3) is 3.86. The quantitative estimate of drug-likeness (QED) is 0.354. The topological polar surface area (TPSA) is 47.1 Å². The summed E-state index contributed by atoms with van der Waals surface area (Å²) in [6, 6.07) is 19.5. The van der Waals surface area contributed by atoms with Crippen LogP contribution in [0.3, 0.4) is 0 Å². The summed E-state index contributed by atoms with van der Waals surface area (Å²) in [6.07, 6.45) is 0. The van der Waals surface area contributed by atoms with Crippen molar-refractivity contribution in [2.45, 2.75) is 13.5 Å². The van der Waals surface area contributed by atoms with Crippen molar-refractivity contribution in [3.63, 3.8) is 0 Å². The highest BCUT2D eigenvalue weighted by Gasteiger charge is 2.16. The lowest BCUT2D eigenvalue weighted by Crippen LogP contribution is -2.01. The van der Waals surface area contributed by atoms with Crippen LogP contribution in [0, 0.1) is 0 Å².